The Morgan fingerprint density at radius 3 is 2.57 bits per heavy atom. The number of nitro groups is 1. The molecule has 0 amide bonds. The molecule has 0 spiro atoms. The zero-order valence-corrected chi connectivity index (χ0v) is 15.9. The van der Waals surface area contributed by atoms with Gasteiger partial charge in [0.1, 0.15) is 21.6 Å². The number of nitrogens with two attached hydrogens (primary N) is 2. The molecule has 0 aliphatic rings. The van der Waals surface area contributed by atoms with Gasteiger partial charge in [-0.15, -0.1) is 11.3 Å². The maximum atomic E-state index is 12.9. The van der Waals surface area contributed by atoms with E-state index in [1.165, 1.54) is 24.3 Å². The van der Waals surface area contributed by atoms with E-state index in [1.807, 2.05) is 6.92 Å². The molecule has 9 heteroatoms. The van der Waals surface area contributed by atoms with Gasteiger partial charge in [0.2, 0.25) is 5.78 Å². The first kappa shape index (κ1) is 19.3. The van der Waals surface area contributed by atoms with Crippen LogP contribution in [0.3, 0.4) is 0 Å². The monoisotopic (exact) mass is 395 g/mol. The van der Waals surface area contributed by atoms with E-state index in [-0.39, 0.29) is 33.4 Å². The number of nitro benzene ring substituents is 1. The summed E-state index contributed by atoms with van der Waals surface area (Å²) in [7, 11) is 0. The van der Waals surface area contributed by atoms with E-state index in [4.69, 9.17) is 11.5 Å². The Balaban J connectivity index is 2.15. The lowest BCUT2D eigenvalue weighted by atomic mass is 9.98. The Kier molecular flexibility index (Phi) is 5.24. The van der Waals surface area contributed by atoms with Gasteiger partial charge in [-0.25, -0.2) is 4.98 Å². The van der Waals surface area contributed by atoms with Crippen LogP contribution in [-0.2, 0) is 6.42 Å². The number of nitriles is 1. The van der Waals surface area contributed by atoms with Crippen LogP contribution in [0, 0.1) is 21.4 Å². The van der Waals surface area contributed by atoms with Crippen molar-refractivity contribution < 1.29 is 9.72 Å². The van der Waals surface area contributed by atoms with E-state index in [0.717, 1.165) is 24.2 Å². The second-order valence-electron chi connectivity index (χ2n) is 6.22. The molecule has 3 aromatic rings. The smallest absolute Gasteiger partial charge is 0.269 e. The molecule has 142 valence electrons. The SMILES string of the molecule is CCCCc1c(C#N)c(N)nc2sc(C(=O)c3ccc([N+](=O)[O-])cc3)c(N)c12. The van der Waals surface area contributed by atoms with E-state index in [1.54, 1.807) is 0 Å². The highest BCUT2D eigenvalue weighted by Crippen LogP contribution is 2.39. The number of nitrogen functional groups attached to an aromatic ring is 2. The molecular weight excluding hydrogens is 378 g/mol. The van der Waals surface area contributed by atoms with Gasteiger partial charge in [-0.1, -0.05) is 13.3 Å². The zero-order chi connectivity index (χ0) is 20.4. The minimum Gasteiger partial charge on any atom is -0.397 e. The van der Waals surface area contributed by atoms with Gasteiger partial charge in [-0.3, -0.25) is 14.9 Å². The van der Waals surface area contributed by atoms with Gasteiger partial charge in [-0.05, 0) is 30.5 Å². The van der Waals surface area contributed by atoms with Crippen LogP contribution in [0.2, 0.25) is 0 Å². The number of thiophene rings is 1. The number of pyridine rings is 1. The number of unbranched alkanes of at least 4 members (excludes halogenated alkanes) is 1. The highest BCUT2D eigenvalue weighted by Gasteiger charge is 2.24. The molecule has 0 saturated heterocycles. The van der Waals surface area contributed by atoms with Crippen LogP contribution >= 0.6 is 11.3 Å². The van der Waals surface area contributed by atoms with E-state index >= 15 is 0 Å². The molecule has 0 bridgehead atoms. The standard InChI is InChI=1S/C19H17N5O3S/c1-2-3-4-12-13(9-20)18(22)23-19-14(12)15(21)17(28-19)16(25)10-5-7-11(8-6-10)24(26)27/h5-8H,2-4,21H2,1H3,(H2,22,23). The third kappa shape index (κ3) is 3.25. The molecule has 1 aromatic carbocycles. The molecule has 4 N–H and O–H groups in total. The van der Waals surface area contributed by atoms with Crippen LogP contribution in [-0.4, -0.2) is 15.7 Å². The van der Waals surface area contributed by atoms with E-state index < -0.39 is 4.92 Å². The molecular formula is C19H17N5O3S. The molecule has 8 nitrogen and oxygen atoms in total. The fraction of sp³-hybridized carbons (Fsp3) is 0.211. The van der Waals surface area contributed by atoms with Crippen LogP contribution in [0.4, 0.5) is 17.2 Å². The molecule has 0 aliphatic carbocycles. The first-order valence-corrected chi connectivity index (χ1v) is 9.40. The number of carbonyl (C=O) groups excluding carboxylic acids is 1. The maximum absolute atomic E-state index is 12.9. The predicted molar refractivity (Wildman–Crippen MR) is 108 cm³/mol. The van der Waals surface area contributed by atoms with Crippen LogP contribution in [0.5, 0.6) is 0 Å². The van der Waals surface area contributed by atoms with Crippen LogP contribution in [0.25, 0.3) is 10.2 Å². The highest BCUT2D eigenvalue weighted by atomic mass is 32.1. The fourth-order valence-corrected chi connectivity index (χ4v) is 4.10. The Morgan fingerprint density at radius 2 is 2.00 bits per heavy atom. The number of hydrogen-bond donors (Lipinski definition) is 2. The molecule has 2 heterocycles. The lowest BCUT2D eigenvalue weighted by Gasteiger charge is -2.08. The third-order valence-electron chi connectivity index (χ3n) is 4.45. The van der Waals surface area contributed by atoms with Gasteiger partial charge in [0, 0.05) is 23.1 Å². The Labute approximate surface area is 164 Å². The van der Waals surface area contributed by atoms with E-state index in [9.17, 15) is 20.2 Å². The highest BCUT2D eigenvalue weighted by molar-refractivity contribution is 7.21. The molecule has 0 fully saturated rings. The Morgan fingerprint density at radius 1 is 1.32 bits per heavy atom. The minimum absolute atomic E-state index is 0.101. The molecule has 28 heavy (non-hydrogen) atoms. The van der Waals surface area contributed by atoms with Crippen molar-refractivity contribution in [1.82, 2.24) is 4.98 Å². The number of nitrogens with zero attached hydrogens (tertiary/aromatic N) is 3. The van der Waals surface area contributed by atoms with Gasteiger partial charge in [-0.2, -0.15) is 5.26 Å². The normalized spacial score (nSPS) is 10.7. The van der Waals surface area contributed by atoms with Crippen molar-refractivity contribution >= 4 is 44.5 Å². The van der Waals surface area contributed by atoms with Crippen molar-refractivity contribution in [2.24, 2.45) is 0 Å². The number of aryl methyl sites for hydroxylation is 1. The molecule has 0 unspecified atom stereocenters. The van der Waals surface area contributed by atoms with Crippen molar-refractivity contribution in [1.29, 1.82) is 5.26 Å². The number of benzene rings is 1. The summed E-state index contributed by atoms with van der Waals surface area (Å²) in [6.07, 6.45) is 2.37. The van der Waals surface area contributed by atoms with Crippen LogP contribution < -0.4 is 11.5 Å². The number of non-ortho nitro benzene ring substituents is 1. The summed E-state index contributed by atoms with van der Waals surface area (Å²) in [6, 6.07) is 7.42. The molecule has 0 atom stereocenters. The quantitative estimate of drug-likeness (QED) is 0.366. The number of fused-ring (bicyclic) bond motifs is 1. The third-order valence-corrected chi connectivity index (χ3v) is 5.55. The van der Waals surface area contributed by atoms with Gasteiger partial charge in [0.15, 0.2) is 0 Å². The lowest BCUT2D eigenvalue weighted by molar-refractivity contribution is -0.384. The number of ketones is 1. The van der Waals surface area contributed by atoms with Crippen molar-refractivity contribution in [3.8, 4) is 6.07 Å². The molecule has 0 saturated carbocycles. The largest absolute Gasteiger partial charge is 0.397 e. The first-order valence-electron chi connectivity index (χ1n) is 8.58. The number of hydrogen-bond acceptors (Lipinski definition) is 8. The van der Waals surface area contributed by atoms with Gasteiger partial charge >= 0.3 is 0 Å². The van der Waals surface area contributed by atoms with Gasteiger partial charge in [0.25, 0.3) is 5.69 Å². The lowest BCUT2D eigenvalue weighted by Crippen LogP contribution is -2.04. The average molecular weight is 395 g/mol. The van der Waals surface area contributed by atoms with E-state index in [0.29, 0.717) is 27.8 Å². The predicted octanol–water partition coefficient (Wildman–Crippen LogP) is 3.81. The van der Waals surface area contributed by atoms with Crippen molar-refractivity contribution in [3.05, 3.63) is 55.9 Å². The summed E-state index contributed by atoms with van der Waals surface area (Å²) in [5, 5.41) is 20.9. The number of aromatic nitrogens is 1. The molecule has 3 rings (SSSR count). The first-order chi connectivity index (χ1) is 13.4. The molecule has 0 radical (unpaired) electrons. The Bertz CT molecular complexity index is 1130. The second-order valence-corrected chi connectivity index (χ2v) is 7.22. The zero-order valence-electron chi connectivity index (χ0n) is 15.1. The van der Waals surface area contributed by atoms with Crippen molar-refractivity contribution in [3.63, 3.8) is 0 Å². The van der Waals surface area contributed by atoms with Gasteiger partial charge in [0.05, 0.1) is 16.2 Å². The van der Waals surface area contributed by atoms with Crippen LogP contribution in [0.1, 0.15) is 46.1 Å². The molecule has 0 aliphatic heterocycles. The van der Waals surface area contributed by atoms with Gasteiger partial charge < -0.3 is 11.5 Å². The summed E-state index contributed by atoms with van der Waals surface area (Å²) in [5.41, 5.74) is 13.7. The minimum atomic E-state index is -0.530. The molecule has 2 aromatic heterocycles. The summed E-state index contributed by atoms with van der Waals surface area (Å²) in [6.45, 7) is 2.04. The summed E-state index contributed by atoms with van der Waals surface area (Å²) < 4.78 is 0. The van der Waals surface area contributed by atoms with E-state index in [2.05, 4.69) is 11.1 Å². The number of anilines is 2. The van der Waals surface area contributed by atoms with Crippen LogP contribution in [0.15, 0.2) is 24.3 Å². The fourth-order valence-electron chi connectivity index (χ4n) is 3.01. The summed E-state index contributed by atoms with van der Waals surface area (Å²) >= 11 is 1.11. The topological polar surface area (TPSA) is 149 Å². The maximum Gasteiger partial charge on any atom is 0.269 e. The number of rotatable bonds is 6. The van der Waals surface area contributed by atoms with Crippen molar-refractivity contribution in [2.45, 2.75) is 26.2 Å². The van der Waals surface area contributed by atoms with Crippen molar-refractivity contribution in [2.75, 3.05) is 11.5 Å². The summed E-state index contributed by atoms with van der Waals surface area (Å²) in [4.78, 5) is 28.2. The number of carbonyl (C=O) groups is 1. The second kappa shape index (κ2) is 7.62. The Hall–Kier alpha value is -3.51. The summed E-state index contributed by atoms with van der Waals surface area (Å²) in [5.74, 6) is -0.231. The average Bonchev–Trinajstić information content (AvgIpc) is 3.01.